The van der Waals surface area contributed by atoms with Gasteiger partial charge in [-0.15, -0.1) is 0 Å². The van der Waals surface area contributed by atoms with Gasteiger partial charge in [-0.2, -0.15) is 0 Å². The molecule has 2 N–H and O–H groups in total. The Labute approximate surface area is 123 Å². The van der Waals surface area contributed by atoms with Gasteiger partial charge in [-0.05, 0) is 39.8 Å². The maximum absolute atomic E-state index is 14.2. The van der Waals surface area contributed by atoms with E-state index in [1.807, 2.05) is 20.8 Å². The minimum absolute atomic E-state index is 0.135. The molecule has 1 atom stereocenters. The number of amides is 1. The molecular weight excluding hydrogens is 273 g/mol. The number of aliphatic imine (C=N–C) groups is 1. The van der Waals surface area contributed by atoms with Gasteiger partial charge in [0.05, 0.1) is 12.7 Å². The zero-order valence-corrected chi connectivity index (χ0v) is 12.9. The normalized spacial score (nSPS) is 21.8. The van der Waals surface area contributed by atoms with Gasteiger partial charge < -0.3 is 10.1 Å². The van der Waals surface area contributed by atoms with Crippen molar-refractivity contribution in [3.05, 3.63) is 29.6 Å². The van der Waals surface area contributed by atoms with Gasteiger partial charge in [-0.3, -0.25) is 10.1 Å². The molecule has 114 valence electrons. The smallest absolute Gasteiger partial charge is 0.259 e. The third kappa shape index (κ3) is 2.84. The van der Waals surface area contributed by atoms with Gasteiger partial charge in [0.25, 0.3) is 5.91 Å². The number of hydrogen-bond donors (Lipinski definition) is 2. The van der Waals surface area contributed by atoms with Crippen LogP contribution in [0.25, 0.3) is 0 Å². The van der Waals surface area contributed by atoms with Crippen molar-refractivity contribution >= 4 is 11.9 Å². The van der Waals surface area contributed by atoms with Crippen LogP contribution in [0.1, 0.15) is 33.3 Å². The number of nitrogens with zero attached hydrogens (tertiary/aromatic N) is 1. The molecular formula is C15H20FN3O2. The Bertz CT molecular complexity index is 607. The molecule has 1 amide bonds. The lowest BCUT2D eigenvalue weighted by Crippen LogP contribution is -2.47. The van der Waals surface area contributed by atoms with E-state index >= 15 is 0 Å². The third-order valence-corrected chi connectivity index (χ3v) is 3.18. The summed E-state index contributed by atoms with van der Waals surface area (Å²) < 4.78 is 19.4. The highest BCUT2D eigenvalue weighted by Crippen LogP contribution is 2.37. The molecule has 0 fully saturated rings. The quantitative estimate of drug-likeness (QED) is 0.875. The van der Waals surface area contributed by atoms with E-state index in [0.29, 0.717) is 11.7 Å². The number of carbonyl (C=O) groups excluding carboxylic acids is 1. The summed E-state index contributed by atoms with van der Waals surface area (Å²) in [5.74, 6) is -0.279. The highest BCUT2D eigenvalue weighted by molar-refractivity contribution is 6.08. The van der Waals surface area contributed by atoms with Gasteiger partial charge in [0.15, 0.2) is 11.5 Å². The molecule has 1 unspecified atom stereocenters. The van der Waals surface area contributed by atoms with Gasteiger partial charge in [-0.1, -0.05) is 6.07 Å². The van der Waals surface area contributed by atoms with Crippen LogP contribution in [0.5, 0.6) is 5.75 Å². The molecule has 21 heavy (non-hydrogen) atoms. The van der Waals surface area contributed by atoms with E-state index in [1.165, 1.54) is 19.2 Å². The van der Waals surface area contributed by atoms with Crippen molar-refractivity contribution in [2.24, 2.45) is 4.99 Å². The Morgan fingerprint density at radius 2 is 2.05 bits per heavy atom. The summed E-state index contributed by atoms with van der Waals surface area (Å²) in [4.78, 5) is 16.7. The number of rotatable bonds is 2. The Morgan fingerprint density at radius 3 is 2.62 bits per heavy atom. The molecule has 0 saturated heterocycles. The van der Waals surface area contributed by atoms with Crippen LogP contribution < -0.4 is 15.4 Å². The summed E-state index contributed by atoms with van der Waals surface area (Å²) in [6.07, 6.45) is 0. The van der Waals surface area contributed by atoms with Crippen molar-refractivity contribution in [1.82, 2.24) is 10.6 Å². The lowest BCUT2D eigenvalue weighted by atomic mass is 9.91. The van der Waals surface area contributed by atoms with Gasteiger partial charge in [0, 0.05) is 5.54 Å². The SMILES string of the molecule is COc1cccc(F)c1C1(C)N=C(NC(C)(C)C)NC1=O. The highest BCUT2D eigenvalue weighted by Gasteiger charge is 2.45. The summed E-state index contributed by atoms with van der Waals surface area (Å²) in [5.41, 5.74) is -1.49. The van der Waals surface area contributed by atoms with Crippen molar-refractivity contribution in [2.75, 3.05) is 7.11 Å². The number of nitrogens with one attached hydrogen (secondary N) is 2. The van der Waals surface area contributed by atoms with Gasteiger partial charge in [-0.25, -0.2) is 9.38 Å². The topological polar surface area (TPSA) is 62.7 Å². The van der Waals surface area contributed by atoms with Crippen molar-refractivity contribution in [2.45, 2.75) is 38.8 Å². The van der Waals surface area contributed by atoms with E-state index in [4.69, 9.17) is 4.74 Å². The maximum Gasteiger partial charge on any atom is 0.259 e. The van der Waals surface area contributed by atoms with Crippen LogP contribution in [0, 0.1) is 5.82 Å². The lowest BCUT2D eigenvalue weighted by Gasteiger charge is -2.21. The lowest BCUT2D eigenvalue weighted by molar-refractivity contribution is -0.123. The van der Waals surface area contributed by atoms with E-state index in [0.717, 1.165) is 0 Å². The first kappa shape index (κ1) is 15.3. The predicted molar refractivity (Wildman–Crippen MR) is 78.8 cm³/mol. The second-order valence-electron chi connectivity index (χ2n) is 6.18. The summed E-state index contributed by atoms with van der Waals surface area (Å²) in [7, 11) is 1.44. The summed E-state index contributed by atoms with van der Waals surface area (Å²) >= 11 is 0. The van der Waals surface area contributed by atoms with E-state index in [2.05, 4.69) is 15.6 Å². The van der Waals surface area contributed by atoms with Crippen LogP contribution in [-0.4, -0.2) is 24.5 Å². The summed E-state index contributed by atoms with van der Waals surface area (Å²) in [6, 6.07) is 4.44. The van der Waals surface area contributed by atoms with Gasteiger partial charge >= 0.3 is 0 Å². The molecule has 1 aromatic rings. The third-order valence-electron chi connectivity index (χ3n) is 3.18. The zero-order valence-electron chi connectivity index (χ0n) is 12.9. The molecule has 0 aromatic heterocycles. The Kier molecular flexibility index (Phi) is 3.65. The van der Waals surface area contributed by atoms with Gasteiger partial charge in [0.1, 0.15) is 11.6 Å². The molecule has 1 heterocycles. The monoisotopic (exact) mass is 293 g/mol. The van der Waals surface area contributed by atoms with Crippen LogP contribution in [0.3, 0.4) is 0 Å². The van der Waals surface area contributed by atoms with Crippen molar-refractivity contribution in [1.29, 1.82) is 0 Å². The minimum Gasteiger partial charge on any atom is -0.496 e. The average molecular weight is 293 g/mol. The fourth-order valence-corrected chi connectivity index (χ4v) is 2.26. The van der Waals surface area contributed by atoms with Crippen LogP contribution in [0.2, 0.25) is 0 Å². The zero-order chi connectivity index (χ0) is 15.8. The highest BCUT2D eigenvalue weighted by atomic mass is 19.1. The first-order chi connectivity index (χ1) is 9.67. The fraction of sp³-hybridized carbons (Fsp3) is 0.467. The first-order valence-electron chi connectivity index (χ1n) is 6.70. The van der Waals surface area contributed by atoms with Crippen LogP contribution in [-0.2, 0) is 10.3 Å². The largest absolute Gasteiger partial charge is 0.496 e. The molecule has 0 aliphatic carbocycles. The molecule has 1 aliphatic rings. The Balaban J connectivity index is 2.49. The Morgan fingerprint density at radius 1 is 1.38 bits per heavy atom. The van der Waals surface area contributed by atoms with Gasteiger partial charge in [0.2, 0.25) is 0 Å². The second kappa shape index (κ2) is 5.02. The number of carbonyl (C=O) groups is 1. The molecule has 1 aromatic carbocycles. The molecule has 5 nitrogen and oxygen atoms in total. The Hall–Kier alpha value is -2.11. The van der Waals surface area contributed by atoms with Crippen LogP contribution in [0.4, 0.5) is 4.39 Å². The predicted octanol–water partition coefficient (Wildman–Crippen LogP) is 1.92. The molecule has 0 spiro atoms. The van der Waals surface area contributed by atoms with E-state index in [1.54, 1.807) is 13.0 Å². The van der Waals surface area contributed by atoms with Crippen molar-refractivity contribution < 1.29 is 13.9 Å². The number of ether oxygens (including phenoxy) is 1. The maximum atomic E-state index is 14.2. The standard InChI is InChI=1S/C15H20FN3O2/c1-14(2,3)18-13-17-12(20)15(4,19-13)11-9(16)7-6-8-10(11)21-5/h6-8H,1-5H3,(H2,17,18,19,20). The minimum atomic E-state index is -1.36. The van der Waals surface area contributed by atoms with E-state index in [9.17, 15) is 9.18 Å². The number of halogens is 1. The molecule has 0 bridgehead atoms. The first-order valence-corrected chi connectivity index (χ1v) is 6.70. The number of methoxy groups -OCH3 is 1. The molecule has 6 heteroatoms. The molecule has 0 saturated carbocycles. The van der Waals surface area contributed by atoms with Crippen molar-refractivity contribution in [3.8, 4) is 5.75 Å². The summed E-state index contributed by atoms with van der Waals surface area (Å²) in [6.45, 7) is 7.41. The van der Waals surface area contributed by atoms with E-state index in [-0.39, 0.29) is 11.1 Å². The molecule has 0 radical (unpaired) electrons. The number of guanidine groups is 1. The second-order valence-corrected chi connectivity index (χ2v) is 6.18. The van der Waals surface area contributed by atoms with Crippen LogP contribution >= 0.6 is 0 Å². The van der Waals surface area contributed by atoms with Crippen molar-refractivity contribution in [3.63, 3.8) is 0 Å². The summed E-state index contributed by atoms with van der Waals surface area (Å²) in [5, 5.41) is 5.74. The average Bonchev–Trinajstić information content (AvgIpc) is 2.62. The molecule has 1 aliphatic heterocycles. The number of hydrogen-bond acceptors (Lipinski definition) is 4. The molecule has 2 rings (SSSR count). The fourth-order valence-electron chi connectivity index (χ4n) is 2.26. The van der Waals surface area contributed by atoms with E-state index < -0.39 is 17.3 Å². The number of benzene rings is 1. The van der Waals surface area contributed by atoms with Crippen LogP contribution in [0.15, 0.2) is 23.2 Å².